The standard InChI is InChI=1S/C24H42O7/c1-15(10-13-31-20(28)7-6-19(26)27)8-11-22(3)16(2)9-12-23(4)18(22)14-17(25)21(29)24(23,5)30/h15-18,21,25,29-30H,6-14H2,1-5H3,(H,26,27)/t15-,16-,17+,18-,21+,22+,23-,24-/m1/s1. The van der Waals surface area contributed by atoms with E-state index in [4.69, 9.17) is 9.84 Å². The molecule has 2 rings (SSSR count). The van der Waals surface area contributed by atoms with Gasteiger partial charge in [0.15, 0.2) is 0 Å². The lowest BCUT2D eigenvalue weighted by Gasteiger charge is -2.64. The summed E-state index contributed by atoms with van der Waals surface area (Å²) in [5.41, 5.74) is -1.88. The van der Waals surface area contributed by atoms with Gasteiger partial charge in [-0.25, -0.2) is 0 Å². The van der Waals surface area contributed by atoms with Crippen molar-refractivity contribution in [2.24, 2.45) is 28.6 Å². The number of carbonyl (C=O) groups is 2. The quantitative estimate of drug-likeness (QED) is 0.404. The van der Waals surface area contributed by atoms with Gasteiger partial charge in [0, 0.05) is 5.41 Å². The SMILES string of the molecule is C[C@@H](CCOC(=O)CCC(=O)O)CC[C@@]1(C)[C@H](C)CC[C@]2(C)[C@@H]1C[C@H](O)[C@H](O)[C@@]2(C)O. The number of aliphatic hydroxyl groups is 3. The van der Waals surface area contributed by atoms with E-state index in [-0.39, 0.29) is 30.8 Å². The fourth-order valence-corrected chi connectivity index (χ4v) is 6.09. The van der Waals surface area contributed by atoms with Crippen LogP contribution in [0.1, 0.15) is 86.0 Å². The molecule has 180 valence electrons. The van der Waals surface area contributed by atoms with Crippen LogP contribution in [0.3, 0.4) is 0 Å². The van der Waals surface area contributed by atoms with Crippen molar-refractivity contribution in [3.05, 3.63) is 0 Å². The van der Waals surface area contributed by atoms with Crippen LogP contribution in [0.2, 0.25) is 0 Å². The molecule has 0 aromatic carbocycles. The Balaban J connectivity index is 1.98. The molecule has 0 heterocycles. The van der Waals surface area contributed by atoms with Gasteiger partial charge in [0.2, 0.25) is 0 Å². The van der Waals surface area contributed by atoms with Crippen molar-refractivity contribution in [3.8, 4) is 0 Å². The maximum absolute atomic E-state index is 11.6. The predicted octanol–water partition coefficient (Wildman–Crippen LogP) is 3.14. The van der Waals surface area contributed by atoms with E-state index >= 15 is 0 Å². The lowest BCUT2D eigenvalue weighted by molar-refractivity contribution is -0.264. The molecule has 4 N–H and O–H groups in total. The average molecular weight is 443 g/mol. The first kappa shape index (κ1) is 26.1. The Morgan fingerprint density at radius 3 is 2.39 bits per heavy atom. The van der Waals surface area contributed by atoms with Crippen LogP contribution in [0.5, 0.6) is 0 Å². The molecular weight excluding hydrogens is 400 g/mol. The van der Waals surface area contributed by atoms with E-state index in [0.717, 1.165) is 25.7 Å². The molecule has 0 aliphatic heterocycles. The van der Waals surface area contributed by atoms with Crippen LogP contribution in [0.25, 0.3) is 0 Å². The third-order valence-electron chi connectivity index (χ3n) is 8.95. The second-order valence-electron chi connectivity index (χ2n) is 10.9. The zero-order chi connectivity index (χ0) is 23.6. The van der Waals surface area contributed by atoms with Gasteiger partial charge in [-0.05, 0) is 62.2 Å². The van der Waals surface area contributed by atoms with E-state index in [9.17, 15) is 24.9 Å². The van der Waals surface area contributed by atoms with Crippen LogP contribution in [0.15, 0.2) is 0 Å². The third-order valence-corrected chi connectivity index (χ3v) is 8.95. The van der Waals surface area contributed by atoms with Crippen LogP contribution in [0.4, 0.5) is 0 Å². The minimum Gasteiger partial charge on any atom is -0.481 e. The van der Waals surface area contributed by atoms with Crippen LogP contribution in [0, 0.1) is 28.6 Å². The predicted molar refractivity (Wildman–Crippen MR) is 116 cm³/mol. The highest BCUT2D eigenvalue weighted by Crippen LogP contribution is 2.64. The van der Waals surface area contributed by atoms with Crippen molar-refractivity contribution in [1.29, 1.82) is 0 Å². The fraction of sp³-hybridized carbons (Fsp3) is 0.917. The number of esters is 1. The molecular formula is C24H42O7. The van der Waals surface area contributed by atoms with Crippen LogP contribution < -0.4 is 0 Å². The molecule has 7 heteroatoms. The monoisotopic (exact) mass is 442 g/mol. The van der Waals surface area contributed by atoms with Gasteiger partial charge in [-0.15, -0.1) is 0 Å². The Morgan fingerprint density at radius 1 is 1.13 bits per heavy atom. The lowest BCUT2D eigenvalue weighted by atomic mass is 9.42. The Morgan fingerprint density at radius 2 is 1.77 bits per heavy atom. The highest BCUT2D eigenvalue weighted by Gasteiger charge is 2.64. The number of fused-ring (bicyclic) bond motifs is 1. The van der Waals surface area contributed by atoms with Gasteiger partial charge in [-0.1, -0.05) is 34.1 Å². The number of carbonyl (C=O) groups excluding carboxylic acids is 1. The Kier molecular flexibility index (Phi) is 8.20. The van der Waals surface area contributed by atoms with Gasteiger partial charge < -0.3 is 25.2 Å². The molecule has 0 aromatic heterocycles. The Bertz CT molecular complexity index is 648. The van der Waals surface area contributed by atoms with Crippen LogP contribution in [-0.2, 0) is 14.3 Å². The van der Waals surface area contributed by atoms with Crippen molar-refractivity contribution >= 4 is 11.9 Å². The molecule has 0 aromatic rings. The maximum Gasteiger partial charge on any atom is 0.306 e. The first-order chi connectivity index (χ1) is 14.3. The summed E-state index contributed by atoms with van der Waals surface area (Å²) in [4.78, 5) is 22.1. The molecule has 2 saturated carbocycles. The zero-order valence-corrected chi connectivity index (χ0v) is 19.8. The van der Waals surface area contributed by atoms with Gasteiger partial charge in [0.05, 0.1) is 31.2 Å². The summed E-state index contributed by atoms with van der Waals surface area (Å²) < 4.78 is 5.16. The van der Waals surface area contributed by atoms with Gasteiger partial charge in [-0.2, -0.15) is 0 Å². The van der Waals surface area contributed by atoms with Gasteiger partial charge >= 0.3 is 11.9 Å². The van der Waals surface area contributed by atoms with Gasteiger partial charge in [-0.3, -0.25) is 9.59 Å². The molecule has 0 amide bonds. The Hall–Kier alpha value is -1.18. The highest BCUT2D eigenvalue weighted by atomic mass is 16.5. The Labute approximate surface area is 186 Å². The summed E-state index contributed by atoms with van der Waals surface area (Å²) in [5.74, 6) is -0.631. The number of hydrogen-bond acceptors (Lipinski definition) is 6. The summed E-state index contributed by atoms with van der Waals surface area (Å²) in [6, 6.07) is 0. The number of aliphatic hydroxyl groups excluding tert-OH is 2. The molecule has 0 bridgehead atoms. The number of carboxylic acids is 1. The molecule has 2 aliphatic rings. The highest BCUT2D eigenvalue weighted by molar-refractivity contribution is 5.76. The first-order valence-corrected chi connectivity index (χ1v) is 11.7. The molecule has 0 radical (unpaired) electrons. The summed E-state index contributed by atoms with van der Waals surface area (Å²) in [6.07, 6.45) is 2.48. The summed E-state index contributed by atoms with van der Waals surface area (Å²) in [6.45, 7) is 10.7. The molecule has 7 nitrogen and oxygen atoms in total. The molecule has 0 spiro atoms. The molecule has 2 aliphatic carbocycles. The van der Waals surface area contributed by atoms with Crippen molar-refractivity contribution in [1.82, 2.24) is 0 Å². The topological polar surface area (TPSA) is 124 Å². The summed E-state index contributed by atoms with van der Waals surface area (Å²) in [7, 11) is 0. The lowest BCUT2D eigenvalue weighted by Crippen LogP contribution is -2.68. The van der Waals surface area contributed by atoms with Crippen molar-refractivity contribution < 1.29 is 34.8 Å². The number of rotatable bonds is 9. The largest absolute Gasteiger partial charge is 0.481 e. The normalized spacial score (nSPS) is 41.3. The van der Waals surface area contributed by atoms with Crippen LogP contribution in [-0.4, -0.2) is 56.8 Å². The minimum atomic E-state index is -1.34. The number of hydrogen-bond donors (Lipinski definition) is 4. The van der Waals surface area contributed by atoms with Gasteiger partial charge in [0.25, 0.3) is 0 Å². The van der Waals surface area contributed by atoms with Gasteiger partial charge in [0.1, 0.15) is 6.10 Å². The number of carboxylic acid groups (broad SMARTS) is 1. The van der Waals surface area contributed by atoms with E-state index in [1.165, 1.54) is 0 Å². The zero-order valence-electron chi connectivity index (χ0n) is 19.8. The second kappa shape index (κ2) is 9.75. The smallest absolute Gasteiger partial charge is 0.306 e. The third kappa shape index (κ3) is 5.25. The first-order valence-electron chi connectivity index (χ1n) is 11.7. The molecule has 0 unspecified atom stereocenters. The second-order valence-corrected chi connectivity index (χ2v) is 10.9. The number of aliphatic carboxylic acids is 1. The van der Waals surface area contributed by atoms with Crippen molar-refractivity contribution in [2.45, 2.75) is 104 Å². The summed E-state index contributed by atoms with van der Waals surface area (Å²) in [5, 5.41) is 40.9. The minimum absolute atomic E-state index is 0.0788. The van der Waals surface area contributed by atoms with Crippen molar-refractivity contribution in [3.63, 3.8) is 0 Å². The van der Waals surface area contributed by atoms with Crippen LogP contribution >= 0.6 is 0 Å². The molecule has 0 saturated heterocycles. The van der Waals surface area contributed by atoms with E-state index in [2.05, 4.69) is 27.7 Å². The maximum atomic E-state index is 11.6. The molecule has 31 heavy (non-hydrogen) atoms. The number of ether oxygens (including phenoxy) is 1. The molecule has 2 fully saturated rings. The van der Waals surface area contributed by atoms with Crippen molar-refractivity contribution in [2.75, 3.05) is 6.61 Å². The average Bonchev–Trinajstić information content (AvgIpc) is 2.69. The summed E-state index contributed by atoms with van der Waals surface area (Å²) >= 11 is 0. The fourth-order valence-electron chi connectivity index (χ4n) is 6.09. The van der Waals surface area contributed by atoms with E-state index in [1.807, 2.05) is 0 Å². The van der Waals surface area contributed by atoms with E-state index < -0.39 is 35.2 Å². The van der Waals surface area contributed by atoms with E-state index in [1.54, 1.807) is 6.92 Å². The van der Waals surface area contributed by atoms with E-state index in [0.29, 0.717) is 24.7 Å². The molecule has 8 atom stereocenters.